The van der Waals surface area contributed by atoms with E-state index < -0.39 is 0 Å². The van der Waals surface area contributed by atoms with Crippen LogP contribution in [0.1, 0.15) is 29.9 Å². The summed E-state index contributed by atoms with van der Waals surface area (Å²) in [6, 6.07) is 19.0. The van der Waals surface area contributed by atoms with Gasteiger partial charge in [-0.2, -0.15) is 0 Å². The molecule has 0 aliphatic heterocycles. The molecular formula is C18H19NO. The molecule has 1 aromatic heterocycles. The van der Waals surface area contributed by atoms with Crippen LogP contribution in [0.5, 0.6) is 0 Å². The topological polar surface area (TPSA) is 25.2 Å². The minimum Gasteiger partial charge on any atom is -0.459 e. The highest BCUT2D eigenvalue weighted by atomic mass is 16.3. The number of rotatable bonds is 4. The summed E-state index contributed by atoms with van der Waals surface area (Å²) in [5.74, 6) is 0.971. The van der Waals surface area contributed by atoms with Gasteiger partial charge in [0, 0.05) is 5.39 Å². The van der Waals surface area contributed by atoms with Crippen molar-refractivity contribution >= 4 is 11.0 Å². The van der Waals surface area contributed by atoms with Crippen LogP contribution in [0, 0.1) is 6.92 Å². The third-order valence-corrected chi connectivity index (χ3v) is 3.52. The number of hydrogen-bond donors (Lipinski definition) is 1. The lowest BCUT2D eigenvalue weighted by atomic mass is 10.0. The number of hydrogen-bond acceptors (Lipinski definition) is 2. The first-order chi connectivity index (χ1) is 9.78. The van der Waals surface area contributed by atoms with Crippen molar-refractivity contribution < 1.29 is 4.42 Å². The normalized spacial score (nSPS) is 12.7. The van der Waals surface area contributed by atoms with E-state index >= 15 is 0 Å². The van der Waals surface area contributed by atoms with Gasteiger partial charge in [-0.15, -0.1) is 0 Å². The van der Waals surface area contributed by atoms with Gasteiger partial charge in [0.05, 0.1) is 6.04 Å². The summed E-state index contributed by atoms with van der Waals surface area (Å²) in [5.41, 5.74) is 3.43. The van der Waals surface area contributed by atoms with Crippen LogP contribution >= 0.6 is 0 Å². The third-order valence-electron chi connectivity index (χ3n) is 3.52. The van der Waals surface area contributed by atoms with Crippen LogP contribution in [0.25, 0.3) is 11.0 Å². The van der Waals surface area contributed by atoms with E-state index in [1.807, 2.05) is 12.1 Å². The van der Waals surface area contributed by atoms with Gasteiger partial charge in [0.25, 0.3) is 0 Å². The molecule has 102 valence electrons. The summed E-state index contributed by atoms with van der Waals surface area (Å²) in [4.78, 5) is 0. The van der Waals surface area contributed by atoms with Gasteiger partial charge in [0.1, 0.15) is 11.3 Å². The van der Waals surface area contributed by atoms with Crippen molar-refractivity contribution in [2.24, 2.45) is 0 Å². The fourth-order valence-electron chi connectivity index (χ4n) is 2.56. The van der Waals surface area contributed by atoms with Crippen molar-refractivity contribution in [1.29, 1.82) is 0 Å². The fraction of sp³-hybridized carbons (Fsp3) is 0.222. The van der Waals surface area contributed by atoms with Crippen molar-refractivity contribution in [1.82, 2.24) is 5.32 Å². The molecule has 1 atom stereocenters. The van der Waals surface area contributed by atoms with Crippen LogP contribution in [0.3, 0.4) is 0 Å². The molecule has 2 heteroatoms. The molecule has 1 heterocycles. The Hall–Kier alpha value is -2.06. The zero-order chi connectivity index (χ0) is 13.9. The zero-order valence-electron chi connectivity index (χ0n) is 11.9. The van der Waals surface area contributed by atoms with E-state index in [1.165, 1.54) is 16.5 Å². The standard InChI is InChI=1S/C18H19NO/c1-3-19-18(14-7-5-4-6-8-14)17-12-15-11-13(2)9-10-16(15)20-17/h4-12,18-19H,3H2,1-2H3. The molecule has 1 unspecified atom stereocenters. The summed E-state index contributed by atoms with van der Waals surface area (Å²) >= 11 is 0. The molecule has 20 heavy (non-hydrogen) atoms. The van der Waals surface area contributed by atoms with Gasteiger partial charge < -0.3 is 9.73 Å². The van der Waals surface area contributed by atoms with E-state index in [9.17, 15) is 0 Å². The van der Waals surface area contributed by atoms with E-state index in [0.717, 1.165) is 17.9 Å². The Morgan fingerprint density at radius 2 is 1.85 bits per heavy atom. The Kier molecular flexibility index (Phi) is 3.57. The molecular weight excluding hydrogens is 246 g/mol. The van der Waals surface area contributed by atoms with E-state index in [-0.39, 0.29) is 6.04 Å². The molecule has 0 fully saturated rings. The van der Waals surface area contributed by atoms with Gasteiger partial charge >= 0.3 is 0 Å². The highest BCUT2D eigenvalue weighted by Crippen LogP contribution is 2.28. The predicted octanol–water partition coefficient (Wildman–Crippen LogP) is 4.44. The van der Waals surface area contributed by atoms with Crippen LogP contribution in [0.15, 0.2) is 59.0 Å². The summed E-state index contributed by atoms with van der Waals surface area (Å²) in [6.07, 6.45) is 0. The molecule has 0 saturated carbocycles. The number of benzene rings is 2. The Morgan fingerprint density at radius 3 is 2.60 bits per heavy atom. The van der Waals surface area contributed by atoms with Gasteiger partial charge in [-0.25, -0.2) is 0 Å². The molecule has 0 saturated heterocycles. The van der Waals surface area contributed by atoms with Gasteiger partial charge in [-0.05, 0) is 37.2 Å². The summed E-state index contributed by atoms with van der Waals surface area (Å²) in [6.45, 7) is 5.11. The summed E-state index contributed by atoms with van der Waals surface area (Å²) in [5, 5.41) is 4.66. The van der Waals surface area contributed by atoms with Crippen LogP contribution < -0.4 is 5.32 Å². The lowest BCUT2D eigenvalue weighted by molar-refractivity contribution is 0.477. The Balaban J connectivity index is 2.05. The second-order valence-corrected chi connectivity index (χ2v) is 5.09. The van der Waals surface area contributed by atoms with Gasteiger partial charge in [0.2, 0.25) is 0 Å². The van der Waals surface area contributed by atoms with Gasteiger partial charge in [-0.1, -0.05) is 48.9 Å². The SMILES string of the molecule is CCNC(c1ccccc1)c1cc2cc(C)ccc2o1. The van der Waals surface area contributed by atoms with E-state index in [4.69, 9.17) is 4.42 Å². The van der Waals surface area contributed by atoms with Gasteiger partial charge in [-0.3, -0.25) is 0 Å². The minimum absolute atomic E-state index is 0.105. The monoisotopic (exact) mass is 265 g/mol. The first-order valence-electron chi connectivity index (χ1n) is 7.06. The quantitative estimate of drug-likeness (QED) is 0.754. The van der Waals surface area contributed by atoms with Crippen molar-refractivity contribution in [3.05, 3.63) is 71.5 Å². The largest absolute Gasteiger partial charge is 0.459 e. The summed E-state index contributed by atoms with van der Waals surface area (Å²) < 4.78 is 6.03. The van der Waals surface area contributed by atoms with E-state index in [0.29, 0.717) is 0 Å². The smallest absolute Gasteiger partial charge is 0.134 e. The van der Waals surface area contributed by atoms with Crippen LogP contribution in [-0.4, -0.2) is 6.54 Å². The molecule has 0 amide bonds. The number of aryl methyl sites for hydroxylation is 1. The van der Waals surface area contributed by atoms with Crippen molar-refractivity contribution in [2.45, 2.75) is 19.9 Å². The average molecular weight is 265 g/mol. The van der Waals surface area contributed by atoms with Crippen LogP contribution in [-0.2, 0) is 0 Å². The number of furan rings is 1. The highest BCUT2D eigenvalue weighted by molar-refractivity contribution is 5.78. The number of fused-ring (bicyclic) bond motifs is 1. The Labute approximate surface area is 119 Å². The fourth-order valence-corrected chi connectivity index (χ4v) is 2.56. The first kappa shape index (κ1) is 12.9. The Morgan fingerprint density at radius 1 is 1.05 bits per heavy atom. The third kappa shape index (κ3) is 2.47. The maximum absolute atomic E-state index is 6.03. The Bertz CT molecular complexity index is 700. The molecule has 1 N–H and O–H groups in total. The van der Waals surface area contributed by atoms with Crippen LogP contribution in [0.4, 0.5) is 0 Å². The number of nitrogens with one attached hydrogen (secondary N) is 1. The van der Waals surface area contributed by atoms with E-state index in [1.54, 1.807) is 0 Å². The van der Waals surface area contributed by atoms with Crippen LogP contribution in [0.2, 0.25) is 0 Å². The zero-order valence-corrected chi connectivity index (χ0v) is 11.9. The predicted molar refractivity (Wildman–Crippen MR) is 82.9 cm³/mol. The van der Waals surface area contributed by atoms with E-state index in [2.05, 4.69) is 61.6 Å². The molecule has 3 rings (SSSR count). The second-order valence-electron chi connectivity index (χ2n) is 5.09. The molecule has 0 bridgehead atoms. The molecule has 2 nitrogen and oxygen atoms in total. The molecule has 0 radical (unpaired) electrons. The van der Waals surface area contributed by atoms with Crippen molar-refractivity contribution in [2.75, 3.05) is 6.54 Å². The molecule has 0 aliphatic rings. The van der Waals surface area contributed by atoms with Crippen molar-refractivity contribution in [3.63, 3.8) is 0 Å². The maximum atomic E-state index is 6.03. The average Bonchev–Trinajstić information content (AvgIpc) is 2.88. The second kappa shape index (κ2) is 5.51. The lowest BCUT2D eigenvalue weighted by Crippen LogP contribution is -2.21. The minimum atomic E-state index is 0.105. The molecule has 0 spiro atoms. The summed E-state index contributed by atoms with van der Waals surface area (Å²) in [7, 11) is 0. The molecule has 0 aliphatic carbocycles. The maximum Gasteiger partial charge on any atom is 0.134 e. The first-order valence-corrected chi connectivity index (χ1v) is 7.06. The lowest BCUT2D eigenvalue weighted by Gasteiger charge is -2.15. The highest BCUT2D eigenvalue weighted by Gasteiger charge is 2.17. The molecule has 3 aromatic rings. The molecule has 2 aromatic carbocycles. The van der Waals surface area contributed by atoms with Gasteiger partial charge in [0.15, 0.2) is 0 Å². The van der Waals surface area contributed by atoms with Crippen molar-refractivity contribution in [3.8, 4) is 0 Å².